The Kier molecular flexibility index (Phi) is 4.23. The molecule has 108 valence electrons. The van der Waals surface area contributed by atoms with Gasteiger partial charge in [0, 0.05) is 32.2 Å². The zero-order chi connectivity index (χ0) is 13.1. The Balaban J connectivity index is 1.39. The van der Waals surface area contributed by atoms with Crippen molar-refractivity contribution >= 4 is 6.03 Å². The van der Waals surface area contributed by atoms with E-state index in [0.717, 1.165) is 44.9 Å². The van der Waals surface area contributed by atoms with Gasteiger partial charge < -0.3 is 19.9 Å². The molecule has 2 heterocycles. The van der Waals surface area contributed by atoms with E-state index >= 15 is 0 Å². The van der Waals surface area contributed by atoms with E-state index in [4.69, 9.17) is 4.74 Å². The first-order valence-corrected chi connectivity index (χ1v) is 7.68. The summed E-state index contributed by atoms with van der Waals surface area (Å²) in [4.78, 5) is 16.3. The van der Waals surface area contributed by atoms with Gasteiger partial charge in [0.15, 0.2) is 0 Å². The number of nitrogens with zero attached hydrogens (tertiary/aromatic N) is 2. The fourth-order valence-corrected chi connectivity index (χ4v) is 2.88. The fourth-order valence-electron chi connectivity index (χ4n) is 2.88. The van der Waals surface area contributed by atoms with Crippen LogP contribution in [0.1, 0.15) is 25.7 Å². The molecule has 2 saturated heterocycles. The second-order valence-corrected chi connectivity index (χ2v) is 5.99. The molecule has 0 atom stereocenters. The molecular formula is C14H25N3O2. The Labute approximate surface area is 115 Å². The highest BCUT2D eigenvalue weighted by Gasteiger charge is 2.28. The molecule has 0 aromatic heterocycles. The lowest BCUT2D eigenvalue weighted by Crippen LogP contribution is -2.52. The lowest BCUT2D eigenvalue weighted by atomic mass is 10.1. The maximum absolute atomic E-state index is 12.3. The van der Waals surface area contributed by atoms with Crippen LogP contribution in [0.4, 0.5) is 4.79 Å². The van der Waals surface area contributed by atoms with Crippen LogP contribution in [-0.4, -0.2) is 67.8 Å². The normalized spacial score (nSPS) is 25.7. The van der Waals surface area contributed by atoms with Gasteiger partial charge in [0.05, 0.1) is 13.2 Å². The van der Waals surface area contributed by atoms with E-state index in [9.17, 15) is 4.79 Å². The molecule has 3 aliphatic rings. The van der Waals surface area contributed by atoms with Gasteiger partial charge in [-0.25, -0.2) is 4.79 Å². The van der Waals surface area contributed by atoms with Crippen molar-refractivity contribution in [1.29, 1.82) is 0 Å². The number of hydrogen-bond acceptors (Lipinski definition) is 3. The van der Waals surface area contributed by atoms with Crippen molar-refractivity contribution < 1.29 is 9.53 Å². The second kappa shape index (κ2) is 6.09. The molecule has 2 amide bonds. The van der Waals surface area contributed by atoms with Gasteiger partial charge in [0.25, 0.3) is 0 Å². The average molecular weight is 267 g/mol. The summed E-state index contributed by atoms with van der Waals surface area (Å²) in [5.74, 6) is 0.938. The predicted molar refractivity (Wildman–Crippen MR) is 73.1 cm³/mol. The van der Waals surface area contributed by atoms with Gasteiger partial charge in [-0.1, -0.05) is 0 Å². The Hall–Kier alpha value is -0.810. The van der Waals surface area contributed by atoms with Gasteiger partial charge in [-0.15, -0.1) is 0 Å². The number of urea groups is 1. The number of hydrogen-bond donors (Lipinski definition) is 1. The van der Waals surface area contributed by atoms with Crippen molar-refractivity contribution in [3.8, 4) is 0 Å². The van der Waals surface area contributed by atoms with Crippen LogP contribution in [0.3, 0.4) is 0 Å². The molecule has 0 aromatic carbocycles. The van der Waals surface area contributed by atoms with E-state index in [1.165, 1.54) is 19.4 Å². The molecule has 5 nitrogen and oxygen atoms in total. The summed E-state index contributed by atoms with van der Waals surface area (Å²) in [7, 11) is 0. The van der Waals surface area contributed by atoms with Crippen LogP contribution in [0.15, 0.2) is 0 Å². The number of nitrogens with one attached hydrogen (secondary N) is 1. The molecule has 3 rings (SSSR count). The number of likely N-dealkylation sites (tertiary alicyclic amines) is 1. The highest BCUT2D eigenvalue weighted by molar-refractivity contribution is 5.74. The van der Waals surface area contributed by atoms with Crippen LogP contribution in [0, 0.1) is 5.92 Å². The number of carbonyl (C=O) groups is 1. The van der Waals surface area contributed by atoms with Gasteiger partial charge in [-0.3, -0.25) is 0 Å². The molecule has 0 unspecified atom stereocenters. The Morgan fingerprint density at radius 3 is 2.26 bits per heavy atom. The van der Waals surface area contributed by atoms with E-state index in [1.807, 2.05) is 9.80 Å². The molecule has 0 bridgehead atoms. The molecule has 3 fully saturated rings. The molecule has 1 saturated carbocycles. The standard InChI is InChI=1S/C14H25N3O2/c18-14(17-7-9-19-10-8-17)16-5-3-13(4-6-16)15-11-12-1-2-12/h12-13,15H,1-11H2. The minimum absolute atomic E-state index is 0.212. The van der Waals surface area contributed by atoms with Crippen LogP contribution in [0.2, 0.25) is 0 Å². The molecule has 19 heavy (non-hydrogen) atoms. The first-order chi connectivity index (χ1) is 9.33. The molecule has 0 spiro atoms. The number of piperidine rings is 1. The smallest absolute Gasteiger partial charge is 0.320 e. The van der Waals surface area contributed by atoms with Crippen LogP contribution >= 0.6 is 0 Å². The number of amides is 2. The summed E-state index contributed by atoms with van der Waals surface area (Å²) < 4.78 is 5.29. The molecule has 0 radical (unpaired) electrons. The van der Waals surface area contributed by atoms with Crippen LogP contribution in [-0.2, 0) is 4.74 Å². The van der Waals surface area contributed by atoms with Gasteiger partial charge in [0.1, 0.15) is 0 Å². The maximum atomic E-state index is 12.3. The van der Waals surface area contributed by atoms with Crippen molar-refractivity contribution in [2.24, 2.45) is 5.92 Å². The van der Waals surface area contributed by atoms with Crippen LogP contribution < -0.4 is 5.32 Å². The van der Waals surface area contributed by atoms with Crippen molar-refractivity contribution in [2.75, 3.05) is 45.9 Å². The van der Waals surface area contributed by atoms with E-state index in [0.29, 0.717) is 19.3 Å². The van der Waals surface area contributed by atoms with Crippen molar-refractivity contribution in [3.63, 3.8) is 0 Å². The van der Waals surface area contributed by atoms with Gasteiger partial charge in [-0.05, 0) is 38.1 Å². The molecule has 1 aliphatic carbocycles. The number of morpholine rings is 1. The van der Waals surface area contributed by atoms with Gasteiger partial charge >= 0.3 is 6.03 Å². The SMILES string of the molecule is O=C(N1CCOCC1)N1CCC(NCC2CC2)CC1. The van der Waals surface area contributed by atoms with E-state index in [1.54, 1.807) is 0 Å². The number of rotatable bonds is 3. The Bertz CT molecular complexity index is 306. The third-order valence-electron chi connectivity index (χ3n) is 4.44. The molecule has 0 aromatic rings. The van der Waals surface area contributed by atoms with Crippen molar-refractivity contribution in [1.82, 2.24) is 15.1 Å². The number of ether oxygens (including phenoxy) is 1. The average Bonchev–Trinajstić information content (AvgIpc) is 3.30. The largest absolute Gasteiger partial charge is 0.378 e. The highest BCUT2D eigenvalue weighted by Crippen LogP contribution is 2.28. The summed E-state index contributed by atoms with van der Waals surface area (Å²) in [5, 5.41) is 3.65. The van der Waals surface area contributed by atoms with Crippen molar-refractivity contribution in [2.45, 2.75) is 31.7 Å². The fraction of sp³-hybridized carbons (Fsp3) is 0.929. The van der Waals surface area contributed by atoms with Crippen LogP contribution in [0.25, 0.3) is 0 Å². The zero-order valence-corrected chi connectivity index (χ0v) is 11.6. The third kappa shape index (κ3) is 3.60. The summed E-state index contributed by atoms with van der Waals surface area (Å²) in [6.45, 7) is 5.85. The topological polar surface area (TPSA) is 44.8 Å². The summed E-state index contributed by atoms with van der Waals surface area (Å²) in [6.07, 6.45) is 5.01. The first-order valence-electron chi connectivity index (χ1n) is 7.68. The van der Waals surface area contributed by atoms with Gasteiger partial charge in [0.2, 0.25) is 0 Å². The minimum atomic E-state index is 0.212. The zero-order valence-electron chi connectivity index (χ0n) is 11.6. The van der Waals surface area contributed by atoms with Gasteiger partial charge in [-0.2, -0.15) is 0 Å². The lowest BCUT2D eigenvalue weighted by molar-refractivity contribution is 0.0408. The Morgan fingerprint density at radius 1 is 1.00 bits per heavy atom. The van der Waals surface area contributed by atoms with E-state index in [-0.39, 0.29) is 6.03 Å². The van der Waals surface area contributed by atoms with E-state index < -0.39 is 0 Å². The second-order valence-electron chi connectivity index (χ2n) is 5.99. The molecule has 1 N–H and O–H groups in total. The molecular weight excluding hydrogens is 242 g/mol. The summed E-state index contributed by atoms with van der Waals surface area (Å²) in [6, 6.07) is 0.832. The summed E-state index contributed by atoms with van der Waals surface area (Å²) >= 11 is 0. The monoisotopic (exact) mass is 267 g/mol. The Morgan fingerprint density at radius 2 is 1.63 bits per heavy atom. The highest BCUT2D eigenvalue weighted by atomic mass is 16.5. The third-order valence-corrected chi connectivity index (χ3v) is 4.44. The first kappa shape index (κ1) is 13.2. The number of carbonyl (C=O) groups excluding carboxylic acids is 1. The quantitative estimate of drug-likeness (QED) is 0.826. The molecule has 5 heteroatoms. The van der Waals surface area contributed by atoms with Crippen molar-refractivity contribution in [3.05, 3.63) is 0 Å². The van der Waals surface area contributed by atoms with Crippen LogP contribution in [0.5, 0.6) is 0 Å². The maximum Gasteiger partial charge on any atom is 0.320 e. The predicted octanol–water partition coefficient (Wildman–Crippen LogP) is 0.903. The molecule has 2 aliphatic heterocycles. The van der Waals surface area contributed by atoms with E-state index in [2.05, 4.69) is 5.32 Å². The lowest BCUT2D eigenvalue weighted by Gasteiger charge is -2.37. The summed E-state index contributed by atoms with van der Waals surface area (Å²) in [5.41, 5.74) is 0. The minimum Gasteiger partial charge on any atom is -0.378 e.